The summed E-state index contributed by atoms with van der Waals surface area (Å²) in [5, 5.41) is 2.61. The highest BCUT2D eigenvalue weighted by atomic mass is 16.5. The summed E-state index contributed by atoms with van der Waals surface area (Å²) in [6, 6.07) is 15.3. The summed E-state index contributed by atoms with van der Waals surface area (Å²) in [6.45, 7) is -1.20. The van der Waals surface area contributed by atoms with Gasteiger partial charge >= 0.3 is 12.0 Å². The fourth-order valence-electron chi connectivity index (χ4n) is 2.61. The third-order valence-corrected chi connectivity index (χ3v) is 4.01. The summed E-state index contributed by atoms with van der Waals surface area (Å²) in [4.78, 5) is 49.4. The molecular formula is C20H19N3O6. The van der Waals surface area contributed by atoms with Crippen LogP contribution in [0.15, 0.2) is 54.6 Å². The van der Waals surface area contributed by atoms with Crippen LogP contribution in [0, 0.1) is 0 Å². The zero-order valence-electron chi connectivity index (χ0n) is 15.7. The van der Waals surface area contributed by atoms with Gasteiger partial charge in [0.2, 0.25) is 0 Å². The van der Waals surface area contributed by atoms with Crippen molar-refractivity contribution in [2.75, 3.05) is 32.1 Å². The predicted molar refractivity (Wildman–Crippen MR) is 102 cm³/mol. The van der Waals surface area contributed by atoms with Gasteiger partial charge in [-0.3, -0.25) is 19.3 Å². The Labute approximate surface area is 166 Å². The summed E-state index contributed by atoms with van der Waals surface area (Å²) in [7, 11) is 1.45. The summed E-state index contributed by atoms with van der Waals surface area (Å²) >= 11 is 0. The van der Waals surface area contributed by atoms with Gasteiger partial charge in [-0.25, -0.2) is 4.79 Å². The molecule has 0 aliphatic carbocycles. The fraction of sp³-hybridized carbons (Fsp3) is 0.200. The first-order valence-corrected chi connectivity index (χ1v) is 8.77. The number of benzene rings is 2. The van der Waals surface area contributed by atoms with E-state index in [0.717, 1.165) is 4.90 Å². The lowest BCUT2D eigenvalue weighted by Gasteiger charge is -2.14. The van der Waals surface area contributed by atoms with E-state index in [1.54, 1.807) is 36.4 Å². The van der Waals surface area contributed by atoms with Gasteiger partial charge in [0.05, 0.1) is 5.69 Å². The van der Waals surface area contributed by atoms with E-state index in [9.17, 15) is 19.2 Å². The van der Waals surface area contributed by atoms with Crippen LogP contribution in [0.1, 0.15) is 0 Å². The van der Waals surface area contributed by atoms with Gasteiger partial charge in [0, 0.05) is 7.05 Å². The molecular weight excluding hydrogens is 378 g/mol. The number of esters is 1. The number of rotatable bonds is 7. The number of anilines is 1. The number of carbonyl (C=O) groups excluding carboxylic acids is 4. The number of likely N-dealkylation sites (N-methyl/N-ethyl adjacent to an activating group) is 1. The van der Waals surface area contributed by atoms with Crippen molar-refractivity contribution in [3.63, 3.8) is 0 Å². The summed E-state index contributed by atoms with van der Waals surface area (Å²) < 4.78 is 10.6. The van der Waals surface area contributed by atoms with E-state index in [0.29, 0.717) is 17.2 Å². The summed E-state index contributed by atoms with van der Waals surface area (Å²) in [5.41, 5.74) is 0.406. The van der Waals surface area contributed by atoms with Crippen LogP contribution >= 0.6 is 0 Å². The van der Waals surface area contributed by atoms with Crippen molar-refractivity contribution in [3.05, 3.63) is 54.6 Å². The standard InChI is InChI=1S/C20H19N3O6/c1-22-11-18(25)23(20(22)27)12-19(26)28-13-17(24)21-15-9-5-6-10-16(15)29-14-7-3-2-4-8-14/h2-10H,11-13H2,1H3,(H,21,24). The van der Waals surface area contributed by atoms with Crippen LogP contribution in [0.3, 0.4) is 0 Å². The quantitative estimate of drug-likeness (QED) is 0.565. The van der Waals surface area contributed by atoms with Crippen LogP contribution in [0.5, 0.6) is 11.5 Å². The minimum absolute atomic E-state index is 0.0925. The van der Waals surface area contributed by atoms with Crippen LogP contribution in [0.4, 0.5) is 10.5 Å². The molecule has 9 nitrogen and oxygen atoms in total. The lowest BCUT2D eigenvalue weighted by molar-refractivity contribution is -0.149. The lowest BCUT2D eigenvalue weighted by atomic mass is 10.3. The molecule has 0 atom stereocenters. The maximum Gasteiger partial charge on any atom is 0.327 e. The highest BCUT2D eigenvalue weighted by Crippen LogP contribution is 2.28. The van der Waals surface area contributed by atoms with Crippen molar-refractivity contribution >= 4 is 29.5 Å². The smallest absolute Gasteiger partial charge is 0.327 e. The van der Waals surface area contributed by atoms with Gasteiger partial charge < -0.3 is 19.7 Å². The third-order valence-electron chi connectivity index (χ3n) is 4.01. The molecule has 150 valence electrons. The molecule has 3 rings (SSSR count). The number of hydrogen-bond acceptors (Lipinski definition) is 6. The molecule has 0 radical (unpaired) electrons. The van der Waals surface area contributed by atoms with Gasteiger partial charge in [-0.15, -0.1) is 0 Å². The second-order valence-electron chi connectivity index (χ2n) is 6.24. The van der Waals surface area contributed by atoms with E-state index in [1.807, 2.05) is 18.2 Å². The first kappa shape index (κ1) is 19.9. The topological polar surface area (TPSA) is 105 Å². The molecule has 2 aromatic rings. The Balaban J connectivity index is 1.53. The average Bonchev–Trinajstić information content (AvgIpc) is 2.95. The molecule has 1 N–H and O–H groups in total. The number of carbonyl (C=O) groups is 4. The molecule has 29 heavy (non-hydrogen) atoms. The van der Waals surface area contributed by atoms with Crippen molar-refractivity contribution in [1.29, 1.82) is 0 Å². The molecule has 1 fully saturated rings. The van der Waals surface area contributed by atoms with Crippen LogP contribution in [0.2, 0.25) is 0 Å². The highest BCUT2D eigenvalue weighted by molar-refractivity contribution is 6.04. The average molecular weight is 397 g/mol. The monoisotopic (exact) mass is 397 g/mol. The van der Waals surface area contributed by atoms with Gasteiger partial charge in [0.15, 0.2) is 12.4 Å². The van der Waals surface area contributed by atoms with Crippen LogP contribution in [-0.2, 0) is 19.1 Å². The lowest BCUT2D eigenvalue weighted by Crippen LogP contribution is -2.37. The molecule has 9 heteroatoms. The molecule has 0 spiro atoms. The number of amides is 4. The Morgan fingerprint density at radius 1 is 1.03 bits per heavy atom. The van der Waals surface area contributed by atoms with E-state index in [1.165, 1.54) is 11.9 Å². The van der Waals surface area contributed by atoms with E-state index in [-0.39, 0.29) is 6.54 Å². The minimum Gasteiger partial charge on any atom is -0.455 e. The van der Waals surface area contributed by atoms with Gasteiger partial charge in [0.25, 0.3) is 11.8 Å². The van der Waals surface area contributed by atoms with Crippen molar-refractivity contribution < 1.29 is 28.7 Å². The predicted octanol–water partition coefficient (Wildman–Crippen LogP) is 1.85. The van der Waals surface area contributed by atoms with Crippen molar-refractivity contribution in [2.24, 2.45) is 0 Å². The second-order valence-corrected chi connectivity index (χ2v) is 6.24. The zero-order valence-corrected chi connectivity index (χ0v) is 15.7. The Bertz CT molecular complexity index is 931. The van der Waals surface area contributed by atoms with Crippen molar-refractivity contribution in [2.45, 2.75) is 0 Å². The molecule has 1 aliphatic heterocycles. The number of hydrogen-bond donors (Lipinski definition) is 1. The number of ether oxygens (including phenoxy) is 2. The summed E-state index contributed by atoms with van der Waals surface area (Å²) in [6.07, 6.45) is 0. The third kappa shape index (κ3) is 5.10. The number of para-hydroxylation sites is 3. The molecule has 1 aliphatic rings. The maximum atomic E-state index is 12.1. The first-order chi connectivity index (χ1) is 13.9. The fourth-order valence-corrected chi connectivity index (χ4v) is 2.61. The first-order valence-electron chi connectivity index (χ1n) is 8.77. The maximum absolute atomic E-state index is 12.1. The van der Waals surface area contributed by atoms with Crippen molar-refractivity contribution in [1.82, 2.24) is 9.80 Å². The molecule has 0 bridgehead atoms. The van der Waals surface area contributed by atoms with Crippen LogP contribution in [-0.4, -0.2) is 60.4 Å². The molecule has 1 saturated heterocycles. The summed E-state index contributed by atoms with van der Waals surface area (Å²) in [5.74, 6) is -0.907. The SMILES string of the molecule is CN1CC(=O)N(CC(=O)OCC(=O)Nc2ccccc2Oc2ccccc2)C1=O. The van der Waals surface area contributed by atoms with E-state index in [4.69, 9.17) is 9.47 Å². The normalized spacial score (nSPS) is 13.4. The van der Waals surface area contributed by atoms with Crippen LogP contribution in [0.25, 0.3) is 0 Å². The Morgan fingerprint density at radius 2 is 1.72 bits per heavy atom. The molecule has 4 amide bonds. The van der Waals surface area contributed by atoms with Crippen molar-refractivity contribution in [3.8, 4) is 11.5 Å². The molecule has 1 heterocycles. The number of urea groups is 1. The van der Waals surface area contributed by atoms with E-state index < -0.39 is 37.0 Å². The molecule has 0 saturated carbocycles. The second kappa shape index (κ2) is 8.87. The Morgan fingerprint density at radius 3 is 2.41 bits per heavy atom. The number of nitrogens with one attached hydrogen (secondary N) is 1. The molecule has 0 aromatic heterocycles. The number of nitrogens with zero attached hydrogens (tertiary/aromatic N) is 2. The Hall–Kier alpha value is -3.88. The van der Waals surface area contributed by atoms with Crippen LogP contribution < -0.4 is 10.1 Å². The molecule has 0 unspecified atom stereocenters. The number of imide groups is 1. The largest absolute Gasteiger partial charge is 0.455 e. The minimum atomic E-state index is -0.856. The van der Waals surface area contributed by atoms with Gasteiger partial charge in [-0.2, -0.15) is 0 Å². The van der Waals surface area contributed by atoms with E-state index in [2.05, 4.69) is 5.32 Å². The Kier molecular flexibility index (Phi) is 6.08. The van der Waals surface area contributed by atoms with Gasteiger partial charge in [-0.1, -0.05) is 30.3 Å². The molecule has 2 aromatic carbocycles. The van der Waals surface area contributed by atoms with Gasteiger partial charge in [0.1, 0.15) is 18.8 Å². The zero-order chi connectivity index (χ0) is 20.8. The highest BCUT2D eigenvalue weighted by Gasteiger charge is 2.35. The van der Waals surface area contributed by atoms with E-state index >= 15 is 0 Å². The van der Waals surface area contributed by atoms with Gasteiger partial charge in [-0.05, 0) is 24.3 Å².